The van der Waals surface area contributed by atoms with E-state index in [0.29, 0.717) is 18.7 Å². The number of nitrogens with zero attached hydrogens (tertiary/aromatic N) is 3. The maximum Gasteiger partial charge on any atom is 0.330 e. The van der Waals surface area contributed by atoms with Crippen LogP contribution in [-0.4, -0.2) is 14.1 Å². The second-order valence-electron chi connectivity index (χ2n) is 3.98. The molecule has 0 atom stereocenters. The highest BCUT2D eigenvalue weighted by molar-refractivity contribution is 7.09. The molecule has 1 N–H and O–H groups in total. The zero-order chi connectivity index (χ0) is 13.1. The van der Waals surface area contributed by atoms with Crippen molar-refractivity contribution in [3.8, 4) is 0 Å². The quantitative estimate of drug-likeness (QED) is 0.834. The molecule has 0 saturated heterocycles. The average molecular weight is 266 g/mol. The van der Waals surface area contributed by atoms with Crippen molar-refractivity contribution in [2.75, 3.05) is 0 Å². The van der Waals surface area contributed by atoms with Gasteiger partial charge in [0.2, 0.25) is 0 Å². The van der Waals surface area contributed by atoms with Gasteiger partial charge in [0.1, 0.15) is 0 Å². The van der Waals surface area contributed by atoms with Crippen LogP contribution < -0.4 is 16.6 Å². The third-order valence-corrected chi connectivity index (χ3v) is 3.40. The maximum atomic E-state index is 11.8. The second-order valence-corrected chi connectivity index (χ2v) is 4.95. The van der Waals surface area contributed by atoms with Crippen LogP contribution in [0.4, 0.5) is 0 Å². The molecule has 0 aromatic carbocycles. The van der Waals surface area contributed by atoms with E-state index in [0.717, 1.165) is 9.44 Å². The van der Waals surface area contributed by atoms with Crippen LogP contribution in [0.15, 0.2) is 27.5 Å². The van der Waals surface area contributed by atoms with Gasteiger partial charge >= 0.3 is 5.69 Å². The topological polar surface area (TPSA) is 68.9 Å². The van der Waals surface area contributed by atoms with Crippen molar-refractivity contribution in [3.63, 3.8) is 0 Å². The van der Waals surface area contributed by atoms with Crippen molar-refractivity contribution < 1.29 is 0 Å². The minimum absolute atomic E-state index is 0.255. The van der Waals surface area contributed by atoms with E-state index in [-0.39, 0.29) is 11.2 Å². The van der Waals surface area contributed by atoms with Crippen LogP contribution in [0.1, 0.15) is 10.4 Å². The van der Waals surface area contributed by atoms with Crippen molar-refractivity contribution in [2.45, 2.75) is 13.1 Å². The van der Waals surface area contributed by atoms with Gasteiger partial charge in [0.25, 0.3) is 5.56 Å². The SMILES string of the molecule is Cn1cc(CNCc2cncs2)c(=O)n(C)c1=O. The van der Waals surface area contributed by atoms with E-state index in [1.807, 2.05) is 0 Å². The number of nitrogens with one attached hydrogen (secondary N) is 1. The molecule has 18 heavy (non-hydrogen) atoms. The Labute approximate surface area is 108 Å². The van der Waals surface area contributed by atoms with Crippen molar-refractivity contribution >= 4 is 11.3 Å². The van der Waals surface area contributed by atoms with Crippen LogP contribution >= 0.6 is 11.3 Å². The summed E-state index contributed by atoms with van der Waals surface area (Å²) in [4.78, 5) is 28.4. The lowest BCUT2D eigenvalue weighted by Crippen LogP contribution is -2.39. The lowest BCUT2D eigenvalue weighted by molar-refractivity contribution is 0.632. The van der Waals surface area contributed by atoms with Crippen molar-refractivity contribution in [3.05, 3.63) is 49.2 Å². The fourth-order valence-electron chi connectivity index (χ4n) is 1.65. The molecule has 0 radical (unpaired) electrons. The molecule has 0 aliphatic carbocycles. The Morgan fingerprint density at radius 3 is 2.78 bits per heavy atom. The molecule has 2 heterocycles. The summed E-state index contributed by atoms with van der Waals surface area (Å²) in [6.07, 6.45) is 3.36. The summed E-state index contributed by atoms with van der Waals surface area (Å²) in [7, 11) is 3.12. The molecule has 0 bridgehead atoms. The van der Waals surface area contributed by atoms with Crippen LogP contribution in [0, 0.1) is 0 Å². The number of hydrogen-bond donors (Lipinski definition) is 1. The highest BCUT2D eigenvalue weighted by Gasteiger charge is 2.06. The molecule has 0 saturated carbocycles. The van der Waals surface area contributed by atoms with Crippen molar-refractivity contribution in [1.82, 2.24) is 19.4 Å². The average Bonchev–Trinajstić information content (AvgIpc) is 2.86. The van der Waals surface area contributed by atoms with E-state index in [2.05, 4.69) is 10.3 Å². The summed E-state index contributed by atoms with van der Waals surface area (Å²) in [6, 6.07) is 0. The standard InChI is InChI=1S/C11H14N4O2S/c1-14-6-8(10(16)15(2)11(14)17)3-12-4-9-5-13-7-18-9/h5-7,12H,3-4H2,1-2H3. The van der Waals surface area contributed by atoms with E-state index in [9.17, 15) is 9.59 Å². The van der Waals surface area contributed by atoms with Gasteiger partial charge in [-0.3, -0.25) is 14.3 Å². The molecule has 0 amide bonds. The van der Waals surface area contributed by atoms with Gasteiger partial charge in [0.15, 0.2) is 0 Å². The summed E-state index contributed by atoms with van der Waals surface area (Å²) < 4.78 is 2.52. The molecular formula is C11H14N4O2S. The smallest absolute Gasteiger partial charge is 0.307 e. The van der Waals surface area contributed by atoms with E-state index < -0.39 is 0 Å². The third-order valence-electron chi connectivity index (χ3n) is 2.62. The Kier molecular flexibility index (Phi) is 3.73. The molecule has 2 aromatic rings. The number of thiazole rings is 1. The molecule has 0 aliphatic rings. The first kappa shape index (κ1) is 12.7. The Morgan fingerprint density at radius 2 is 2.11 bits per heavy atom. The fourth-order valence-corrected chi connectivity index (χ4v) is 2.22. The normalized spacial score (nSPS) is 10.8. The minimum Gasteiger partial charge on any atom is -0.307 e. The predicted molar refractivity (Wildman–Crippen MR) is 69.6 cm³/mol. The predicted octanol–water partition coefficient (Wildman–Crippen LogP) is -0.170. The van der Waals surface area contributed by atoms with Gasteiger partial charge in [-0.25, -0.2) is 4.79 Å². The summed E-state index contributed by atoms with van der Waals surface area (Å²) in [5.74, 6) is 0. The molecule has 2 rings (SSSR count). The minimum atomic E-state index is -0.314. The first-order valence-electron chi connectivity index (χ1n) is 5.43. The van der Waals surface area contributed by atoms with E-state index in [1.165, 1.54) is 11.6 Å². The highest BCUT2D eigenvalue weighted by Crippen LogP contribution is 2.04. The lowest BCUT2D eigenvalue weighted by atomic mass is 10.3. The molecular weight excluding hydrogens is 252 g/mol. The molecule has 6 nitrogen and oxygen atoms in total. The zero-order valence-electron chi connectivity index (χ0n) is 10.2. The van der Waals surface area contributed by atoms with E-state index >= 15 is 0 Å². The first-order valence-corrected chi connectivity index (χ1v) is 6.31. The van der Waals surface area contributed by atoms with E-state index in [4.69, 9.17) is 0 Å². The van der Waals surface area contributed by atoms with Gasteiger partial charge in [0.05, 0.1) is 5.51 Å². The van der Waals surface area contributed by atoms with Gasteiger partial charge in [0, 0.05) is 50.0 Å². The van der Waals surface area contributed by atoms with Crippen LogP contribution in [0.5, 0.6) is 0 Å². The monoisotopic (exact) mass is 266 g/mol. The van der Waals surface area contributed by atoms with Crippen molar-refractivity contribution in [2.24, 2.45) is 14.1 Å². The first-order chi connectivity index (χ1) is 8.59. The Hall–Kier alpha value is -1.73. The van der Waals surface area contributed by atoms with E-state index in [1.54, 1.807) is 36.3 Å². The van der Waals surface area contributed by atoms with Crippen LogP contribution in [0.25, 0.3) is 0 Å². The second kappa shape index (κ2) is 5.28. The molecule has 0 spiro atoms. The van der Waals surface area contributed by atoms with Gasteiger partial charge in [-0.2, -0.15) is 0 Å². The largest absolute Gasteiger partial charge is 0.330 e. The summed E-state index contributed by atoms with van der Waals surface area (Å²) in [5.41, 5.74) is 1.77. The maximum absolute atomic E-state index is 11.8. The van der Waals surface area contributed by atoms with Gasteiger partial charge < -0.3 is 9.88 Å². The molecule has 0 aliphatic heterocycles. The Bertz CT molecular complexity index is 642. The zero-order valence-corrected chi connectivity index (χ0v) is 11.0. The Morgan fingerprint density at radius 1 is 1.33 bits per heavy atom. The molecule has 96 valence electrons. The Balaban J connectivity index is 2.10. The lowest BCUT2D eigenvalue weighted by Gasteiger charge is -2.07. The summed E-state index contributed by atoms with van der Waals surface area (Å²) >= 11 is 1.56. The summed E-state index contributed by atoms with van der Waals surface area (Å²) in [5, 5.41) is 3.16. The highest BCUT2D eigenvalue weighted by atomic mass is 32.1. The van der Waals surface area contributed by atoms with Crippen LogP contribution in [-0.2, 0) is 27.2 Å². The summed E-state index contributed by atoms with van der Waals surface area (Å²) in [6.45, 7) is 1.09. The van der Waals surface area contributed by atoms with Gasteiger partial charge in [-0.1, -0.05) is 0 Å². The number of aromatic nitrogens is 3. The molecule has 0 unspecified atom stereocenters. The fraction of sp³-hybridized carbons (Fsp3) is 0.364. The number of hydrogen-bond acceptors (Lipinski definition) is 5. The third kappa shape index (κ3) is 2.57. The van der Waals surface area contributed by atoms with Gasteiger partial charge in [-0.15, -0.1) is 11.3 Å². The number of rotatable bonds is 4. The molecule has 2 aromatic heterocycles. The number of aryl methyl sites for hydroxylation is 1. The van der Waals surface area contributed by atoms with Crippen molar-refractivity contribution in [1.29, 1.82) is 0 Å². The van der Waals surface area contributed by atoms with Crippen LogP contribution in [0.2, 0.25) is 0 Å². The molecule has 7 heteroatoms. The molecule has 0 fully saturated rings. The van der Waals surface area contributed by atoms with Crippen LogP contribution in [0.3, 0.4) is 0 Å². The van der Waals surface area contributed by atoms with Gasteiger partial charge in [-0.05, 0) is 0 Å².